The first-order chi connectivity index (χ1) is 19.1. The van der Waals surface area contributed by atoms with Crippen LogP contribution in [0.5, 0.6) is 0 Å². The monoisotopic (exact) mass is 605 g/mol. The predicted molar refractivity (Wildman–Crippen MR) is 129 cm³/mol. The number of primary amides is 1. The first-order valence-electron chi connectivity index (χ1n) is 11.4. The van der Waals surface area contributed by atoms with E-state index >= 15 is 0 Å². The largest absolute Gasteiger partial charge is 0.441 e. The van der Waals surface area contributed by atoms with E-state index in [0.717, 1.165) is 22.9 Å². The first-order valence-corrected chi connectivity index (χ1v) is 11.7. The summed E-state index contributed by atoms with van der Waals surface area (Å²) >= 11 is 5.87. The van der Waals surface area contributed by atoms with Crippen molar-refractivity contribution in [1.82, 2.24) is 29.1 Å². The van der Waals surface area contributed by atoms with Crippen LogP contribution in [0.15, 0.2) is 53.3 Å². The van der Waals surface area contributed by atoms with Gasteiger partial charge in [-0.3, -0.25) is 4.57 Å². The van der Waals surface area contributed by atoms with E-state index in [0.29, 0.717) is 9.25 Å². The van der Waals surface area contributed by atoms with Crippen molar-refractivity contribution in [2.45, 2.75) is 38.2 Å². The van der Waals surface area contributed by atoms with Crippen LogP contribution in [0.2, 0.25) is 5.02 Å². The van der Waals surface area contributed by atoms with E-state index in [1.165, 1.54) is 30.3 Å². The molecule has 0 aliphatic carbocycles. The number of benzene rings is 2. The smallest absolute Gasteiger partial charge is 0.418 e. The second kappa shape index (κ2) is 11.2. The zero-order chi connectivity index (χ0) is 30.1. The first kappa shape index (κ1) is 29.6. The molecule has 0 aliphatic heterocycles. The van der Waals surface area contributed by atoms with Gasteiger partial charge in [-0.05, 0) is 36.4 Å². The van der Waals surface area contributed by atoms with Crippen molar-refractivity contribution in [3.63, 3.8) is 0 Å². The number of aliphatic hydroxyl groups excluding tert-OH is 1. The summed E-state index contributed by atoms with van der Waals surface area (Å²) in [5.41, 5.74) is 2.43. The van der Waals surface area contributed by atoms with Crippen LogP contribution < -0.4 is 11.4 Å². The Kier molecular flexibility index (Phi) is 8.12. The van der Waals surface area contributed by atoms with Gasteiger partial charge < -0.3 is 15.6 Å². The number of carbonyl (C=O) groups is 1. The Balaban J connectivity index is 1.80. The highest BCUT2D eigenvalue weighted by Crippen LogP contribution is 2.34. The van der Waals surface area contributed by atoms with Crippen LogP contribution in [0.25, 0.3) is 17.1 Å². The fraction of sp³-hybridized carbons (Fsp3) is 0.261. The molecule has 41 heavy (non-hydrogen) atoms. The lowest BCUT2D eigenvalue weighted by Crippen LogP contribution is -2.37. The van der Waals surface area contributed by atoms with Crippen molar-refractivity contribution in [3.05, 3.63) is 81.3 Å². The number of nitrogens with zero attached hydrogens (tertiary/aromatic N) is 6. The van der Waals surface area contributed by atoms with E-state index in [4.69, 9.17) is 17.3 Å². The van der Waals surface area contributed by atoms with Gasteiger partial charge in [0.1, 0.15) is 6.54 Å². The summed E-state index contributed by atoms with van der Waals surface area (Å²) in [5.74, 6) is -0.890. The highest BCUT2D eigenvalue weighted by atomic mass is 35.5. The molecule has 218 valence electrons. The number of alkyl halides is 6. The van der Waals surface area contributed by atoms with Crippen LogP contribution in [0.3, 0.4) is 0 Å². The van der Waals surface area contributed by atoms with E-state index in [2.05, 4.69) is 19.9 Å². The number of halogens is 7. The van der Waals surface area contributed by atoms with Gasteiger partial charge in [0.15, 0.2) is 30.2 Å². The molecule has 0 unspecified atom stereocenters. The second-order valence-electron chi connectivity index (χ2n) is 8.42. The number of hydrogen-bond donors (Lipinski definition) is 2. The Hall–Kier alpha value is -4.38. The number of carbonyl (C=O) groups excluding carboxylic acids is 1. The van der Waals surface area contributed by atoms with Gasteiger partial charge in [0.2, 0.25) is 0 Å². The van der Waals surface area contributed by atoms with Gasteiger partial charge in [-0.25, -0.2) is 23.9 Å². The Bertz CT molecular complexity index is 1610. The normalized spacial score (nSPS) is 12.9. The molecule has 3 N–H and O–H groups in total. The molecular formula is C23H18ClF6N7O4. The third kappa shape index (κ3) is 6.68. The number of ether oxygens (including phenoxy) is 1. The lowest BCUT2D eigenvalue weighted by atomic mass is 10.1. The Morgan fingerprint density at radius 2 is 1.71 bits per heavy atom. The molecule has 0 saturated carbocycles. The summed E-state index contributed by atoms with van der Waals surface area (Å²) in [6.45, 7) is -2.54. The molecule has 0 radical (unpaired) electrons. The lowest BCUT2D eigenvalue weighted by molar-refractivity contribution is -0.207. The van der Waals surface area contributed by atoms with E-state index < -0.39 is 61.2 Å². The van der Waals surface area contributed by atoms with Gasteiger partial charge in [0, 0.05) is 10.6 Å². The van der Waals surface area contributed by atoms with Crippen LogP contribution in [0.4, 0.5) is 31.1 Å². The average molecular weight is 606 g/mol. The summed E-state index contributed by atoms with van der Waals surface area (Å²) in [7, 11) is 0. The summed E-state index contributed by atoms with van der Waals surface area (Å²) < 4.78 is 87.0. The number of aliphatic hydroxyl groups is 1. The molecule has 4 aromatic rings. The van der Waals surface area contributed by atoms with Gasteiger partial charge in [-0.15, -0.1) is 10.2 Å². The molecule has 0 saturated heterocycles. The van der Waals surface area contributed by atoms with E-state index in [1.54, 1.807) is 0 Å². The van der Waals surface area contributed by atoms with Crippen LogP contribution >= 0.6 is 11.6 Å². The van der Waals surface area contributed by atoms with Crippen molar-refractivity contribution in [1.29, 1.82) is 0 Å². The Morgan fingerprint density at radius 3 is 2.32 bits per heavy atom. The topological polar surface area (TPSA) is 143 Å². The van der Waals surface area contributed by atoms with E-state index in [1.807, 2.05) is 0 Å². The van der Waals surface area contributed by atoms with Crippen molar-refractivity contribution >= 4 is 17.7 Å². The van der Waals surface area contributed by atoms with Crippen LogP contribution in [-0.2, 0) is 30.6 Å². The summed E-state index contributed by atoms with van der Waals surface area (Å²) in [4.78, 5) is 28.3. The van der Waals surface area contributed by atoms with Crippen molar-refractivity contribution < 1.29 is 41.0 Å². The molecule has 2 aromatic carbocycles. The third-order valence-electron chi connectivity index (χ3n) is 5.55. The van der Waals surface area contributed by atoms with E-state index in [-0.39, 0.29) is 28.1 Å². The van der Waals surface area contributed by atoms with Crippen molar-refractivity contribution in [2.75, 3.05) is 0 Å². The van der Waals surface area contributed by atoms with E-state index in [9.17, 15) is 41.0 Å². The molecule has 11 nitrogen and oxygen atoms in total. The molecule has 18 heteroatoms. The molecule has 1 atom stereocenters. The van der Waals surface area contributed by atoms with Gasteiger partial charge in [-0.2, -0.15) is 26.3 Å². The molecule has 2 heterocycles. The number of hydrogen-bond acceptors (Lipinski definition) is 7. The number of nitrogens with two attached hydrogens (primary N) is 1. The van der Waals surface area contributed by atoms with Gasteiger partial charge in [-0.1, -0.05) is 23.7 Å². The maximum Gasteiger partial charge on any atom is 0.418 e. The fourth-order valence-corrected chi connectivity index (χ4v) is 3.84. The molecular weight excluding hydrogens is 588 g/mol. The third-order valence-corrected chi connectivity index (χ3v) is 5.80. The van der Waals surface area contributed by atoms with Gasteiger partial charge >= 0.3 is 24.1 Å². The van der Waals surface area contributed by atoms with Crippen LogP contribution in [-0.4, -0.2) is 52.6 Å². The number of aromatic nitrogens is 6. The Labute approximate surface area is 230 Å². The summed E-state index contributed by atoms with van der Waals surface area (Å²) in [5, 5.41) is 18.0. The van der Waals surface area contributed by atoms with Crippen LogP contribution in [0, 0.1) is 0 Å². The standard InChI is InChI=1S/C23H18ClF6N7O4/c24-13-7-5-12(6-8-13)19-34-36(21(40)35(19)9-16(38)23(28,29)30)10-17-32-18(11-41-20(31)39)37(33-17)15-4-2-1-3-14(15)22(25,26)27/h1-8,16,38H,9-11H2,(H2,31,39)/t16-/m0/s1. The summed E-state index contributed by atoms with van der Waals surface area (Å²) in [6, 6.07) is 9.86. The van der Waals surface area contributed by atoms with Crippen molar-refractivity contribution in [2.24, 2.45) is 5.73 Å². The summed E-state index contributed by atoms with van der Waals surface area (Å²) in [6.07, 6.45) is -14.0. The molecule has 1 amide bonds. The second-order valence-corrected chi connectivity index (χ2v) is 8.85. The molecule has 0 spiro atoms. The molecule has 0 aliphatic rings. The highest BCUT2D eigenvalue weighted by Gasteiger charge is 2.39. The molecule has 0 bridgehead atoms. The minimum Gasteiger partial charge on any atom is -0.441 e. The maximum atomic E-state index is 13.7. The van der Waals surface area contributed by atoms with Gasteiger partial charge in [0.05, 0.1) is 17.8 Å². The minimum atomic E-state index is -5.06. The maximum absolute atomic E-state index is 13.7. The molecule has 2 aromatic heterocycles. The lowest BCUT2D eigenvalue weighted by Gasteiger charge is -2.15. The highest BCUT2D eigenvalue weighted by molar-refractivity contribution is 6.30. The predicted octanol–water partition coefficient (Wildman–Crippen LogP) is 3.53. The zero-order valence-corrected chi connectivity index (χ0v) is 21.2. The quantitative estimate of drug-likeness (QED) is 0.293. The average Bonchev–Trinajstić information content (AvgIpc) is 3.43. The Morgan fingerprint density at radius 1 is 1.05 bits per heavy atom. The minimum absolute atomic E-state index is 0.174. The zero-order valence-electron chi connectivity index (χ0n) is 20.4. The SMILES string of the molecule is NC(=O)OCc1nc(Cn2nc(-c3ccc(Cl)cc3)n(C[C@H](O)C(F)(F)F)c2=O)nn1-c1ccccc1C(F)(F)F. The fourth-order valence-electron chi connectivity index (χ4n) is 3.71. The molecule has 4 rings (SSSR count). The number of amides is 1. The molecule has 0 fully saturated rings. The van der Waals surface area contributed by atoms with Crippen LogP contribution in [0.1, 0.15) is 17.2 Å². The number of para-hydroxylation sites is 1. The number of rotatable bonds is 8. The van der Waals surface area contributed by atoms with Crippen molar-refractivity contribution in [3.8, 4) is 17.1 Å². The van der Waals surface area contributed by atoms with Gasteiger partial charge in [0.25, 0.3) is 0 Å².